The first-order valence-corrected chi connectivity index (χ1v) is 22.3. The molecule has 0 N–H and O–H groups in total. The molecule has 1 aliphatic carbocycles. The summed E-state index contributed by atoms with van der Waals surface area (Å²) in [6.07, 6.45) is 0.924. The van der Waals surface area contributed by atoms with Crippen LogP contribution in [-0.4, -0.2) is 17.2 Å². The van der Waals surface area contributed by atoms with Gasteiger partial charge in [0.15, 0.2) is 8.07 Å². The van der Waals surface area contributed by atoms with E-state index in [2.05, 4.69) is 215 Å². The number of fused-ring (bicyclic) bond motifs is 13. The molecule has 0 spiro atoms. The van der Waals surface area contributed by atoms with Crippen LogP contribution in [-0.2, 0) is 6.42 Å². The SMILES string of the molecule is c1ccc(-n2c3ccc([Si]4(c5ccccc5)c5ccccc5-c5ccccc54)cc3c3ccc4c(c32)-c2cc(-n3c5ccccc5c5ccccc53)ccc2C4)cc1. The average molecular weight is 753 g/mol. The quantitative estimate of drug-likeness (QED) is 0.159. The predicted molar refractivity (Wildman–Crippen MR) is 246 cm³/mol. The molecule has 0 unspecified atom stereocenters. The van der Waals surface area contributed by atoms with Crippen LogP contribution in [0.2, 0.25) is 0 Å². The van der Waals surface area contributed by atoms with E-state index in [-0.39, 0.29) is 0 Å². The van der Waals surface area contributed by atoms with Crippen molar-refractivity contribution >= 4 is 72.4 Å². The van der Waals surface area contributed by atoms with Crippen molar-refractivity contribution in [3.8, 4) is 33.6 Å². The molecule has 2 aromatic heterocycles. The van der Waals surface area contributed by atoms with E-state index in [0.29, 0.717) is 0 Å². The highest BCUT2D eigenvalue weighted by Crippen LogP contribution is 2.47. The monoisotopic (exact) mass is 752 g/mol. The highest BCUT2D eigenvalue weighted by molar-refractivity contribution is 7.22. The molecule has 1 aliphatic heterocycles. The summed E-state index contributed by atoms with van der Waals surface area (Å²) in [6.45, 7) is 0. The smallest absolute Gasteiger partial charge is 0.180 e. The second-order valence-electron chi connectivity index (χ2n) is 16.0. The Kier molecular flexibility index (Phi) is 6.56. The van der Waals surface area contributed by atoms with E-state index >= 15 is 0 Å². The third kappa shape index (κ3) is 4.16. The summed E-state index contributed by atoms with van der Waals surface area (Å²) in [5, 5.41) is 11.0. The van der Waals surface area contributed by atoms with E-state index in [1.54, 1.807) is 0 Å². The molecule has 0 saturated carbocycles. The summed E-state index contributed by atoms with van der Waals surface area (Å²) in [5.41, 5.74) is 15.6. The van der Waals surface area contributed by atoms with E-state index in [0.717, 1.165) is 6.42 Å². The minimum absolute atomic E-state index is 0.924. The fourth-order valence-corrected chi connectivity index (χ4v) is 16.1. The van der Waals surface area contributed by atoms with Crippen molar-refractivity contribution in [3.05, 3.63) is 217 Å². The largest absolute Gasteiger partial charge is 0.309 e. The third-order valence-electron chi connectivity index (χ3n) is 13.2. The fourth-order valence-electron chi connectivity index (χ4n) is 10.9. The lowest BCUT2D eigenvalue weighted by atomic mass is 10.0. The van der Waals surface area contributed by atoms with Gasteiger partial charge in [-0.3, -0.25) is 0 Å². The number of hydrogen-bond acceptors (Lipinski definition) is 0. The maximum atomic E-state index is 2.58. The van der Waals surface area contributed by atoms with Crippen LogP contribution in [0, 0.1) is 0 Å². The van der Waals surface area contributed by atoms with Crippen molar-refractivity contribution in [2.45, 2.75) is 6.42 Å². The van der Waals surface area contributed by atoms with Crippen LogP contribution < -0.4 is 20.7 Å². The van der Waals surface area contributed by atoms with E-state index < -0.39 is 8.07 Å². The normalized spacial score (nSPS) is 13.6. The zero-order valence-corrected chi connectivity index (χ0v) is 32.7. The number of para-hydroxylation sites is 3. The van der Waals surface area contributed by atoms with Crippen molar-refractivity contribution in [1.29, 1.82) is 0 Å². The fraction of sp³-hybridized carbons (Fsp3) is 0.0182. The van der Waals surface area contributed by atoms with Gasteiger partial charge >= 0.3 is 0 Å². The Morgan fingerprint density at radius 1 is 0.345 bits per heavy atom. The van der Waals surface area contributed by atoms with Gasteiger partial charge < -0.3 is 9.13 Å². The van der Waals surface area contributed by atoms with Gasteiger partial charge in [0.2, 0.25) is 0 Å². The molecule has 9 aromatic carbocycles. The van der Waals surface area contributed by atoms with Gasteiger partial charge in [-0.05, 0) is 97.4 Å². The van der Waals surface area contributed by atoms with E-state index in [1.807, 2.05) is 0 Å². The van der Waals surface area contributed by atoms with Crippen molar-refractivity contribution in [1.82, 2.24) is 9.13 Å². The predicted octanol–water partition coefficient (Wildman–Crippen LogP) is 10.8. The first-order valence-electron chi connectivity index (χ1n) is 20.3. The summed E-state index contributed by atoms with van der Waals surface area (Å²) in [7, 11) is -2.67. The van der Waals surface area contributed by atoms with Crippen molar-refractivity contribution in [2.24, 2.45) is 0 Å². The molecular weight excluding hydrogens is 717 g/mol. The van der Waals surface area contributed by atoms with Gasteiger partial charge in [0.25, 0.3) is 0 Å². The van der Waals surface area contributed by atoms with Crippen molar-refractivity contribution in [3.63, 3.8) is 0 Å². The molecule has 3 heterocycles. The van der Waals surface area contributed by atoms with Crippen LogP contribution in [0.15, 0.2) is 206 Å². The zero-order valence-electron chi connectivity index (χ0n) is 31.7. The maximum absolute atomic E-state index is 2.67. The minimum atomic E-state index is -2.67. The van der Waals surface area contributed by atoms with Gasteiger partial charge in [0.1, 0.15) is 0 Å². The molecule has 2 aliphatic rings. The zero-order chi connectivity index (χ0) is 38.0. The average Bonchev–Trinajstić information content (AvgIpc) is 4.02. The Bertz CT molecular complexity index is 3380. The molecule has 270 valence electrons. The van der Waals surface area contributed by atoms with Crippen LogP contribution in [0.4, 0.5) is 0 Å². The summed E-state index contributed by atoms with van der Waals surface area (Å²) in [4.78, 5) is 0. The number of benzene rings is 9. The molecule has 0 radical (unpaired) electrons. The van der Waals surface area contributed by atoms with E-state index in [4.69, 9.17) is 0 Å². The Balaban J connectivity index is 1.11. The molecular formula is C55H36N2Si. The molecule has 0 fully saturated rings. The number of aromatic nitrogens is 2. The lowest BCUT2D eigenvalue weighted by Gasteiger charge is -2.31. The molecule has 0 saturated heterocycles. The van der Waals surface area contributed by atoms with Gasteiger partial charge in [-0.15, -0.1) is 0 Å². The lowest BCUT2D eigenvalue weighted by molar-refractivity contribution is 1.17. The summed E-state index contributed by atoms with van der Waals surface area (Å²) >= 11 is 0. The second kappa shape index (κ2) is 11.9. The maximum Gasteiger partial charge on any atom is 0.180 e. The van der Waals surface area contributed by atoms with Crippen LogP contribution in [0.5, 0.6) is 0 Å². The van der Waals surface area contributed by atoms with Gasteiger partial charge in [-0.1, -0.05) is 164 Å². The molecule has 0 bridgehead atoms. The molecule has 0 atom stereocenters. The number of hydrogen-bond donors (Lipinski definition) is 0. The summed E-state index contributed by atoms with van der Waals surface area (Å²) < 4.78 is 5.00. The Hall–Kier alpha value is -7.20. The number of rotatable bonds is 4. The Morgan fingerprint density at radius 3 is 1.64 bits per heavy atom. The van der Waals surface area contributed by atoms with Crippen LogP contribution in [0.3, 0.4) is 0 Å². The lowest BCUT2D eigenvalue weighted by Crippen LogP contribution is -2.72. The van der Waals surface area contributed by atoms with Crippen molar-refractivity contribution < 1.29 is 0 Å². The Labute approximate surface area is 337 Å². The Morgan fingerprint density at radius 2 is 0.931 bits per heavy atom. The minimum Gasteiger partial charge on any atom is -0.309 e. The highest BCUT2D eigenvalue weighted by atomic mass is 28.3. The first-order chi connectivity index (χ1) is 28.8. The summed E-state index contributed by atoms with van der Waals surface area (Å²) in [5.74, 6) is 0. The van der Waals surface area contributed by atoms with Gasteiger partial charge in [0, 0.05) is 38.5 Å². The van der Waals surface area contributed by atoms with Crippen molar-refractivity contribution in [2.75, 3.05) is 0 Å². The molecule has 0 amide bonds. The standard InChI is InChI=1S/C55H36N2Si/c1-3-15-38(16-4-1)57-51-32-30-41(58(40-17-5-2-6-18-40)52-25-13-9-21-44(52)45-22-10-14-26-53(45)58)35-48(51)46-31-28-37-33-36-27-29-39(34-47(36)54(37)55(46)57)56-49-23-11-7-19-42(49)43-20-8-12-24-50(43)56/h1-32,34-35H,33H2. The highest BCUT2D eigenvalue weighted by Gasteiger charge is 2.48. The van der Waals surface area contributed by atoms with Gasteiger partial charge in [0.05, 0.1) is 22.1 Å². The topological polar surface area (TPSA) is 9.86 Å². The molecule has 11 aromatic rings. The third-order valence-corrected chi connectivity index (χ3v) is 18.1. The number of nitrogens with zero attached hydrogens (tertiary/aromatic N) is 2. The second-order valence-corrected chi connectivity index (χ2v) is 19.7. The molecule has 13 rings (SSSR count). The summed E-state index contributed by atoms with van der Waals surface area (Å²) in [6, 6.07) is 77.8. The molecule has 3 heteroatoms. The molecule has 58 heavy (non-hydrogen) atoms. The van der Waals surface area contributed by atoms with Crippen LogP contribution >= 0.6 is 0 Å². The van der Waals surface area contributed by atoms with E-state index in [9.17, 15) is 0 Å². The first kappa shape index (κ1) is 31.9. The van der Waals surface area contributed by atoms with Crippen LogP contribution in [0.25, 0.3) is 77.2 Å². The van der Waals surface area contributed by atoms with E-state index in [1.165, 1.54) is 109 Å². The van der Waals surface area contributed by atoms with Gasteiger partial charge in [-0.25, -0.2) is 0 Å². The van der Waals surface area contributed by atoms with Gasteiger partial charge in [-0.2, -0.15) is 0 Å². The molecule has 2 nitrogen and oxygen atoms in total. The van der Waals surface area contributed by atoms with Crippen LogP contribution in [0.1, 0.15) is 11.1 Å².